The zero-order valence-corrected chi connectivity index (χ0v) is 9.20. The van der Waals surface area contributed by atoms with Crippen LogP contribution in [-0.4, -0.2) is 14.4 Å². The van der Waals surface area contributed by atoms with E-state index in [1.54, 1.807) is 0 Å². The number of hydrogen-bond acceptors (Lipinski definition) is 1. The fraction of sp³-hybridized carbons (Fsp3) is 0.545. The fourth-order valence-corrected chi connectivity index (χ4v) is 1.94. The van der Waals surface area contributed by atoms with Gasteiger partial charge in [-0.2, -0.15) is 0 Å². The molecule has 0 amide bonds. The molecule has 3 nitrogen and oxygen atoms in total. The summed E-state index contributed by atoms with van der Waals surface area (Å²) in [6.45, 7) is 8.86. The second-order valence-corrected chi connectivity index (χ2v) is 4.38. The van der Waals surface area contributed by atoms with Crippen molar-refractivity contribution in [3.63, 3.8) is 0 Å². The average molecular weight is 191 g/mol. The first-order valence-electron chi connectivity index (χ1n) is 5.15. The van der Waals surface area contributed by atoms with Crippen molar-refractivity contribution in [2.24, 2.45) is 0 Å². The van der Waals surface area contributed by atoms with Gasteiger partial charge < -0.3 is 4.98 Å². The molecule has 0 radical (unpaired) electrons. The van der Waals surface area contributed by atoms with Gasteiger partial charge in [-0.25, -0.2) is 4.98 Å². The minimum atomic E-state index is 0.523. The number of nitrogens with zero attached hydrogens (tertiary/aromatic N) is 2. The lowest BCUT2D eigenvalue weighted by atomic mass is 10.0. The highest BCUT2D eigenvalue weighted by Crippen LogP contribution is 2.26. The van der Waals surface area contributed by atoms with E-state index in [1.165, 1.54) is 11.4 Å². The fourth-order valence-electron chi connectivity index (χ4n) is 1.94. The summed E-state index contributed by atoms with van der Waals surface area (Å²) in [7, 11) is 0. The Bertz CT molecular complexity index is 434. The van der Waals surface area contributed by atoms with Crippen LogP contribution in [0.25, 0.3) is 5.65 Å². The Labute approximate surface area is 84.2 Å². The predicted octanol–water partition coefficient (Wildman–Crippen LogP) is 2.91. The third-order valence-corrected chi connectivity index (χ3v) is 2.56. The van der Waals surface area contributed by atoms with Gasteiger partial charge in [0.1, 0.15) is 12.0 Å². The van der Waals surface area contributed by atoms with Crippen molar-refractivity contribution in [2.45, 2.75) is 39.5 Å². The molecule has 0 unspecified atom stereocenters. The molecule has 2 rings (SSSR count). The second-order valence-electron chi connectivity index (χ2n) is 4.38. The molecule has 0 fully saturated rings. The van der Waals surface area contributed by atoms with E-state index in [2.05, 4.69) is 42.1 Å². The Morgan fingerprint density at radius 2 is 1.93 bits per heavy atom. The molecule has 0 bridgehead atoms. The number of rotatable bonds is 2. The van der Waals surface area contributed by atoms with Crippen LogP contribution in [0.1, 0.15) is 50.9 Å². The summed E-state index contributed by atoms with van der Waals surface area (Å²) in [6.07, 6.45) is 3.75. The molecule has 0 aliphatic carbocycles. The van der Waals surface area contributed by atoms with Crippen LogP contribution in [0.15, 0.2) is 12.5 Å². The number of fused-ring (bicyclic) bond motifs is 1. The summed E-state index contributed by atoms with van der Waals surface area (Å²) < 4.78 is 2.15. The molecule has 76 valence electrons. The van der Waals surface area contributed by atoms with Gasteiger partial charge in [0.25, 0.3) is 0 Å². The molecule has 2 aromatic rings. The molecule has 0 saturated heterocycles. The summed E-state index contributed by atoms with van der Waals surface area (Å²) >= 11 is 0. The lowest BCUT2D eigenvalue weighted by Gasteiger charge is -2.10. The summed E-state index contributed by atoms with van der Waals surface area (Å²) in [5.74, 6) is 1.06. The van der Waals surface area contributed by atoms with Crippen molar-refractivity contribution in [3.05, 3.63) is 23.9 Å². The number of aromatic nitrogens is 3. The maximum atomic E-state index is 4.14. The lowest BCUT2D eigenvalue weighted by molar-refractivity contribution is 0.744. The minimum Gasteiger partial charge on any atom is -0.342 e. The molecule has 0 aliphatic rings. The van der Waals surface area contributed by atoms with Crippen LogP contribution in [0.4, 0.5) is 0 Å². The summed E-state index contributed by atoms with van der Waals surface area (Å²) in [6, 6.07) is 0. The van der Waals surface area contributed by atoms with Crippen LogP contribution in [0.2, 0.25) is 0 Å². The standard InChI is InChI=1S/C11H17N3/c1-7(2)10-11(8(3)4)14-6-12-5-9(14)13-10/h5-8,13H,1-4H3. The van der Waals surface area contributed by atoms with E-state index in [0.717, 1.165) is 5.65 Å². The predicted molar refractivity (Wildman–Crippen MR) is 57.7 cm³/mol. The van der Waals surface area contributed by atoms with Crippen LogP contribution < -0.4 is 0 Å². The van der Waals surface area contributed by atoms with Crippen LogP contribution >= 0.6 is 0 Å². The SMILES string of the molecule is CC(C)c1[nH]c2cncn2c1C(C)C. The average Bonchev–Trinajstić information content (AvgIpc) is 2.58. The lowest BCUT2D eigenvalue weighted by Crippen LogP contribution is -2.00. The third kappa shape index (κ3) is 1.24. The van der Waals surface area contributed by atoms with Crippen molar-refractivity contribution in [1.82, 2.24) is 14.4 Å². The first-order chi connectivity index (χ1) is 6.61. The van der Waals surface area contributed by atoms with Crippen LogP contribution in [0.5, 0.6) is 0 Å². The maximum Gasteiger partial charge on any atom is 0.134 e. The van der Waals surface area contributed by atoms with Gasteiger partial charge in [-0.3, -0.25) is 4.40 Å². The molecule has 14 heavy (non-hydrogen) atoms. The zero-order chi connectivity index (χ0) is 10.3. The Morgan fingerprint density at radius 3 is 2.50 bits per heavy atom. The number of nitrogens with one attached hydrogen (secondary N) is 1. The first kappa shape index (κ1) is 9.31. The van der Waals surface area contributed by atoms with Gasteiger partial charge in [0.2, 0.25) is 0 Å². The van der Waals surface area contributed by atoms with E-state index in [9.17, 15) is 0 Å². The van der Waals surface area contributed by atoms with Crippen molar-refractivity contribution in [1.29, 1.82) is 0 Å². The molecule has 0 atom stereocenters. The molecule has 0 spiro atoms. The second kappa shape index (κ2) is 3.15. The molecule has 0 saturated carbocycles. The summed E-state index contributed by atoms with van der Waals surface area (Å²) in [5.41, 5.74) is 3.78. The topological polar surface area (TPSA) is 33.1 Å². The zero-order valence-electron chi connectivity index (χ0n) is 9.20. The first-order valence-corrected chi connectivity index (χ1v) is 5.15. The van der Waals surface area contributed by atoms with Gasteiger partial charge >= 0.3 is 0 Å². The van der Waals surface area contributed by atoms with Crippen LogP contribution in [0, 0.1) is 0 Å². The molecule has 2 aromatic heterocycles. The van der Waals surface area contributed by atoms with E-state index in [0.29, 0.717) is 11.8 Å². The highest BCUT2D eigenvalue weighted by atomic mass is 15.1. The van der Waals surface area contributed by atoms with Crippen molar-refractivity contribution >= 4 is 5.65 Å². The van der Waals surface area contributed by atoms with Gasteiger partial charge in [0.05, 0.1) is 6.20 Å². The van der Waals surface area contributed by atoms with E-state index in [1.807, 2.05) is 12.5 Å². The summed E-state index contributed by atoms with van der Waals surface area (Å²) in [4.78, 5) is 7.56. The van der Waals surface area contributed by atoms with E-state index in [-0.39, 0.29) is 0 Å². The molecule has 1 N–H and O–H groups in total. The molecule has 0 aliphatic heterocycles. The number of imidazole rings is 2. The van der Waals surface area contributed by atoms with Gasteiger partial charge in [-0.15, -0.1) is 0 Å². The normalized spacial score (nSPS) is 12.1. The molecular weight excluding hydrogens is 174 g/mol. The van der Waals surface area contributed by atoms with Crippen molar-refractivity contribution < 1.29 is 0 Å². The van der Waals surface area contributed by atoms with Crippen LogP contribution in [-0.2, 0) is 0 Å². The van der Waals surface area contributed by atoms with Gasteiger partial charge in [-0.05, 0) is 11.8 Å². The minimum absolute atomic E-state index is 0.523. The largest absolute Gasteiger partial charge is 0.342 e. The number of hydrogen-bond donors (Lipinski definition) is 1. The molecule has 0 aromatic carbocycles. The van der Waals surface area contributed by atoms with E-state index < -0.39 is 0 Å². The number of H-pyrrole nitrogens is 1. The Hall–Kier alpha value is -1.25. The highest BCUT2D eigenvalue weighted by Gasteiger charge is 2.16. The van der Waals surface area contributed by atoms with Gasteiger partial charge in [-0.1, -0.05) is 27.7 Å². The molecule has 2 heterocycles. The van der Waals surface area contributed by atoms with Crippen LogP contribution in [0.3, 0.4) is 0 Å². The monoisotopic (exact) mass is 191 g/mol. The Kier molecular flexibility index (Phi) is 2.10. The quantitative estimate of drug-likeness (QED) is 0.777. The van der Waals surface area contributed by atoms with E-state index in [4.69, 9.17) is 0 Å². The van der Waals surface area contributed by atoms with E-state index >= 15 is 0 Å². The van der Waals surface area contributed by atoms with Crippen molar-refractivity contribution in [2.75, 3.05) is 0 Å². The Balaban J connectivity index is 2.69. The molecule has 3 heteroatoms. The van der Waals surface area contributed by atoms with Gasteiger partial charge in [0.15, 0.2) is 0 Å². The maximum absolute atomic E-state index is 4.14. The van der Waals surface area contributed by atoms with Crippen molar-refractivity contribution in [3.8, 4) is 0 Å². The smallest absolute Gasteiger partial charge is 0.134 e. The number of aromatic amines is 1. The summed E-state index contributed by atoms with van der Waals surface area (Å²) in [5, 5.41) is 0. The van der Waals surface area contributed by atoms with Gasteiger partial charge in [0, 0.05) is 11.4 Å². The third-order valence-electron chi connectivity index (χ3n) is 2.56. The molecular formula is C11H17N3. The highest BCUT2D eigenvalue weighted by molar-refractivity contribution is 5.43. The Morgan fingerprint density at radius 1 is 1.21 bits per heavy atom.